The normalized spacial score (nSPS) is 18.3. The highest BCUT2D eigenvalue weighted by molar-refractivity contribution is 9.10. The van der Waals surface area contributed by atoms with Crippen LogP contribution in [0.15, 0.2) is 22.7 Å². The van der Waals surface area contributed by atoms with Crippen LogP contribution in [0.25, 0.3) is 0 Å². The molecule has 0 unspecified atom stereocenters. The van der Waals surface area contributed by atoms with Crippen LogP contribution in [0.1, 0.15) is 44.1 Å². The highest BCUT2D eigenvalue weighted by Gasteiger charge is 2.29. The van der Waals surface area contributed by atoms with E-state index in [0.717, 1.165) is 31.2 Å². The molecule has 0 bridgehead atoms. The van der Waals surface area contributed by atoms with Crippen molar-refractivity contribution in [1.82, 2.24) is 0 Å². The number of benzene rings is 1. The number of rotatable bonds is 4. The van der Waals surface area contributed by atoms with Crippen LogP contribution in [-0.4, -0.2) is 11.3 Å². The molecule has 1 saturated carbocycles. The van der Waals surface area contributed by atoms with Crippen molar-refractivity contribution in [3.05, 3.63) is 34.1 Å². The lowest BCUT2D eigenvalue weighted by molar-refractivity contribution is -0.119. The molecule has 0 amide bonds. The second-order valence-corrected chi connectivity index (χ2v) is 6.41. The van der Waals surface area contributed by atoms with E-state index in [1.54, 1.807) is 6.07 Å². The summed E-state index contributed by atoms with van der Waals surface area (Å²) in [5, 5.41) is 0. The molecule has 1 aromatic rings. The Morgan fingerprint density at radius 1 is 1.32 bits per heavy atom. The Hall–Kier alpha value is -0.740. The fraction of sp³-hybridized carbons (Fsp3) is 0.533. The summed E-state index contributed by atoms with van der Waals surface area (Å²) in [7, 11) is 0. The Labute approximate surface area is 121 Å². The third-order valence-electron chi connectivity index (χ3n) is 3.80. The molecule has 1 aliphatic rings. The molecule has 0 saturated heterocycles. The largest absolute Gasteiger partial charge is 0.325 e. The number of hydrogen-bond donors (Lipinski definition) is 1. The standard InChI is InChI=1S/C15H19BrFNO/c16-14-9-12(17)5-4-11(14)8-13(19)10-15(18)6-2-1-3-7-15/h4-5,9H,1-3,6-8,10,18H2. The number of ketones is 1. The van der Waals surface area contributed by atoms with Crippen molar-refractivity contribution < 1.29 is 9.18 Å². The first-order chi connectivity index (χ1) is 8.98. The summed E-state index contributed by atoms with van der Waals surface area (Å²) in [5.41, 5.74) is 6.79. The quantitative estimate of drug-likeness (QED) is 0.915. The van der Waals surface area contributed by atoms with E-state index < -0.39 is 0 Å². The van der Waals surface area contributed by atoms with Crippen LogP contribution in [-0.2, 0) is 11.2 Å². The van der Waals surface area contributed by atoms with E-state index >= 15 is 0 Å². The van der Waals surface area contributed by atoms with Gasteiger partial charge in [-0.1, -0.05) is 41.3 Å². The topological polar surface area (TPSA) is 43.1 Å². The number of carbonyl (C=O) groups excluding carboxylic acids is 1. The number of Topliss-reactive ketones (excluding diaryl/α,β-unsaturated/α-hetero) is 1. The van der Waals surface area contributed by atoms with Crippen LogP contribution >= 0.6 is 15.9 Å². The summed E-state index contributed by atoms with van der Waals surface area (Å²) in [6.45, 7) is 0. The molecule has 19 heavy (non-hydrogen) atoms. The van der Waals surface area contributed by atoms with Crippen molar-refractivity contribution in [2.24, 2.45) is 5.73 Å². The highest BCUT2D eigenvalue weighted by Crippen LogP contribution is 2.29. The molecule has 4 heteroatoms. The molecule has 0 spiro atoms. The second-order valence-electron chi connectivity index (χ2n) is 5.55. The predicted octanol–water partition coefficient (Wildman–Crippen LogP) is 3.75. The number of nitrogens with two attached hydrogens (primary N) is 1. The average Bonchev–Trinajstić information content (AvgIpc) is 2.33. The van der Waals surface area contributed by atoms with Gasteiger partial charge in [0.05, 0.1) is 0 Å². The molecule has 0 heterocycles. The zero-order valence-corrected chi connectivity index (χ0v) is 12.5. The third-order valence-corrected chi connectivity index (χ3v) is 4.54. The monoisotopic (exact) mass is 327 g/mol. The van der Waals surface area contributed by atoms with E-state index in [1.807, 2.05) is 0 Å². The molecule has 104 valence electrons. The Kier molecular flexibility index (Phi) is 4.74. The van der Waals surface area contributed by atoms with Gasteiger partial charge in [0.1, 0.15) is 11.6 Å². The van der Waals surface area contributed by atoms with Gasteiger partial charge in [-0.15, -0.1) is 0 Å². The minimum Gasteiger partial charge on any atom is -0.325 e. The van der Waals surface area contributed by atoms with E-state index in [-0.39, 0.29) is 17.1 Å². The molecule has 2 rings (SSSR count). The van der Waals surface area contributed by atoms with Gasteiger partial charge in [-0.05, 0) is 30.5 Å². The van der Waals surface area contributed by atoms with E-state index in [1.165, 1.54) is 18.6 Å². The van der Waals surface area contributed by atoms with Crippen LogP contribution in [0.5, 0.6) is 0 Å². The van der Waals surface area contributed by atoms with Crippen molar-refractivity contribution in [2.75, 3.05) is 0 Å². The third kappa shape index (κ3) is 4.11. The van der Waals surface area contributed by atoms with Crippen molar-refractivity contribution in [3.63, 3.8) is 0 Å². The molecule has 1 fully saturated rings. The van der Waals surface area contributed by atoms with Crippen LogP contribution in [0.3, 0.4) is 0 Å². The zero-order valence-electron chi connectivity index (χ0n) is 10.9. The summed E-state index contributed by atoms with van der Waals surface area (Å²) in [6, 6.07) is 4.43. The van der Waals surface area contributed by atoms with Crippen LogP contribution in [0.4, 0.5) is 4.39 Å². The van der Waals surface area contributed by atoms with Gasteiger partial charge in [0.2, 0.25) is 0 Å². The van der Waals surface area contributed by atoms with E-state index in [9.17, 15) is 9.18 Å². The number of halogens is 2. The van der Waals surface area contributed by atoms with E-state index in [0.29, 0.717) is 17.3 Å². The molecular weight excluding hydrogens is 309 g/mol. The summed E-state index contributed by atoms with van der Waals surface area (Å²) in [4.78, 5) is 12.1. The molecule has 0 aromatic heterocycles. The van der Waals surface area contributed by atoms with Gasteiger partial charge in [-0.25, -0.2) is 4.39 Å². The maximum atomic E-state index is 13.0. The summed E-state index contributed by atoms with van der Waals surface area (Å²) in [6.07, 6.45) is 6.06. The van der Waals surface area contributed by atoms with Gasteiger partial charge in [0.25, 0.3) is 0 Å². The van der Waals surface area contributed by atoms with Gasteiger partial charge in [-0.2, -0.15) is 0 Å². The average molecular weight is 328 g/mol. The second kappa shape index (κ2) is 6.14. The van der Waals surface area contributed by atoms with E-state index in [4.69, 9.17) is 5.73 Å². The molecule has 1 aliphatic carbocycles. The van der Waals surface area contributed by atoms with Crippen molar-refractivity contribution in [1.29, 1.82) is 0 Å². The molecule has 2 N–H and O–H groups in total. The van der Waals surface area contributed by atoms with Crippen LogP contribution in [0, 0.1) is 5.82 Å². The van der Waals surface area contributed by atoms with Crippen molar-refractivity contribution in [3.8, 4) is 0 Å². The molecule has 0 aliphatic heterocycles. The van der Waals surface area contributed by atoms with Crippen LogP contribution < -0.4 is 5.73 Å². The molecular formula is C15H19BrFNO. The minimum atomic E-state index is -0.318. The molecule has 1 aromatic carbocycles. The van der Waals surface area contributed by atoms with Gasteiger partial charge >= 0.3 is 0 Å². The van der Waals surface area contributed by atoms with Crippen molar-refractivity contribution in [2.45, 2.75) is 50.5 Å². The first kappa shape index (κ1) is 14.7. The number of hydrogen-bond acceptors (Lipinski definition) is 2. The Bertz CT molecular complexity index is 469. The summed E-state index contributed by atoms with van der Waals surface area (Å²) in [5.74, 6) is -0.164. The van der Waals surface area contributed by atoms with E-state index in [2.05, 4.69) is 15.9 Å². The Morgan fingerprint density at radius 3 is 2.63 bits per heavy atom. The lowest BCUT2D eigenvalue weighted by atomic mass is 9.78. The lowest BCUT2D eigenvalue weighted by Gasteiger charge is -2.32. The fourth-order valence-corrected chi connectivity index (χ4v) is 3.26. The summed E-state index contributed by atoms with van der Waals surface area (Å²) >= 11 is 3.29. The van der Waals surface area contributed by atoms with Gasteiger partial charge in [0, 0.05) is 22.9 Å². The molecule has 0 atom stereocenters. The highest BCUT2D eigenvalue weighted by atomic mass is 79.9. The Morgan fingerprint density at radius 2 is 2.00 bits per heavy atom. The lowest BCUT2D eigenvalue weighted by Crippen LogP contribution is -2.43. The zero-order chi connectivity index (χ0) is 13.9. The summed E-state index contributed by atoms with van der Waals surface area (Å²) < 4.78 is 13.6. The van der Waals surface area contributed by atoms with Gasteiger partial charge in [0.15, 0.2) is 0 Å². The van der Waals surface area contributed by atoms with Gasteiger partial charge in [-0.3, -0.25) is 4.79 Å². The SMILES string of the molecule is NC1(CC(=O)Cc2ccc(F)cc2Br)CCCCC1. The first-order valence-corrected chi connectivity index (χ1v) is 7.52. The fourth-order valence-electron chi connectivity index (χ4n) is 2.77. The number of carbonyl (C=O) groups is 1. The first-order valence-electron chi connectivity index (χ1n) is 6.73. The maximum Gasteiger partial charge on any atom is 0.139 e. The minimum absolute atomic E-state index is 0.136. The maximum absolute atomic E-state index is 13.0. The van der Waals surface area contributed by atoms with Crippen molar-refractivity contribution >= 4 is 21.7 Å². The van der Waals surface area contributed by atoms with Crippen LogP contribution in [0.2, 0.25) is 0 Å². The smallest absolute Gasteiger partial charge is 0.139 e. The molecule has 2 nitrogen and oxygen atoms in total. The Balaban J connectivity index is 1.97. The van der Waals surface area contributed by atoms with Gasteiger partial charge < -0.3 is 5.73 Å². The predicted molar refractivity (Wildman–Crippen MR) is 77.4 cm³/mol. The molecule has 0 radical (unpaired) electrons.